The van der Waals surface area contributed by atoms with Gasteiger partial charge in [0.15, 0.2) is 0 Å². The molecule has 0 spiro atoms. The molecule has 0 fully saturated rings. The van der Waals surface area contributed by atoms with E-state index >= 15 is 0 Å². The Morgan fingerprint density at radius 1 is 1.09 bits per heavy atom. The summed E-state index contributed by atoms with van der Waals surface area (Å²) in [4.78, 5) is 11.2. The van der Waals surface area contributed by atoms with Gasteiger partial charge in [0.25, 0.3) is 10.0 Å². The van der Waals surface area contributed by atoms with Crippen LogP contribution >= 0.6 is 0 Å². The molecule has 0 aliphatic carbocycles. The van der Waals surface area contributed by atoms with E-state index in [2.05, 4.69) is 0 Å². The predicted octanol–water partition coefficient (Wildman–Crippen LogP) is 1.88. The number of carbonyl (C=O) groups is 1. The molecule has 0 atom stereocenters. The Bertz CT molecular complexity index is 813. The van der Waals surface area contributed by atoms with E-state index in [0.29, 0.717) is 0 Å². The van der Waals surface area contributed by atoms with Gasteiger partial charge in [-0.2, -0.15) is 0 Å². The zero-order valence-electron chi connectivity index (χ0n) is 12.5. The number of aromatic carboxylic acids is 1. The first-order valence-electron chi connectivity index (χ1n) is 7.02. The first-order chi connectivity index (χ1) is 11.0. The van der Waals surface area contributed by atoms with Crippen LogP contribution in [0.2, 0.25) is 0 Å². The number of carboxylic acids is 1. The van der Waals surface area contributed by atoms with Crippen LogP contribution in [0.25, 0.3) is 6.08 Å². The summed E-state index contributed by atoms with van der Waals surface area (Å²) in [5.74, 6) is -1.42. The summed E-state index contributed by atoms with van der Waals surface area (Å²) in [6, 6.07) is 14.9. The lowest BCUT2D eigenvalue weighted by Gasteiger charge is -2.24. The number of anilines is 1. The smallest absolute Gasteiger partial charge is 0.257 e. The second-order valence-electron chi connectivity index (χ2n) is 4.73. The second kappa shape index (κ2) is 7.11. The Balaban J connectivity index is 2.41. The fourth-order valence-corrected chi connectivity index (χ4v) is 3.42. The van der Waals surface area contributed by atoms with E-state index < -0.39 is 16.0 Å². The molecule has 0 heterocycles. The van der Waals surface area contributed by atoms with Gasteiger partial charge in [-0.15, -0.1) is 0 Å². The lowest BCUT2D eigenvalue weighted by atomic mass is 10.2. The van der Waals surface area contributed by atoms with Crippen molar-refractivity contribution in [1.82, 2.24) is 0 Å². The van der Waals surface area contributed by atoms with Crippen LogP contribution in [0.1, 0.15) is 22.8 Å². The van der Waals surface area contributed by atoms with Crippen LogP contribution in [0.15, 0.2) is 60.0 Å². The Morgan fingerprint density at radius 2 is 1.70 bits per heavy atom. The number of carbonyl (C=O) groups excluding carboxylic acids is 1. The van der Waals surface area contributed by atoms with Gasteiger partial charge in [-0.05, 0) is 24.6 Å². The molecule has 0 radical (unpaired) electrons. The van der Waals surface area contributed by atoms with E-state index in [1.165, 1.54) is 24.3 Å². The maximum Gasteiger partial charge on any atom is 0.257 e. The third-order valence-corrected chi connectivity index (χ3v) is 4.77. The second-order valence-corrected chi connectivity index (χ2v) is 6.47. The maximum atomic E-state index is 12.5. The highest BCUT2D eigenvalue weighted by Crippen LogP contribution is 2.23. The molecule has 2 aromatic rings. The van der Waals surface area contributed by atoms with Gasteiger partial charge >= 0.3 is 0 Å². The van der Waals surface area contributed by atoms with Gasteiger partial charge in [-0.1, -0.05) is 48.5 Å². The summed E-state index contributed by atoms with van der Waals surface area (Å²) in [6.45, 7) is 1.74. The number of rotatable bonds is 6. The molecular formula is C17H16NO4S-. The van der Waals surface area contributed by atoms with Crippen LogP contribution in [0.4, 0.5) is 5.69 Å². The van der Waals surface area contributed by atoms with Crippen molar-refractivity contribution in [2.24, 2.45) is 0 Å². The number of carboxylic acid groups (broad SMARTS) is 1. The van der Waals surface area contributed by atoms with Crippen LogP contribution in [0.5, 0.6) is 0 Å². The topological polar surface area (TPSA) is 77.5 Å². The number of nitrogens with zero attached hydrogens (tertiary/aromatic N) is 1. The van der Waals surface area contributed by atoms with Gasteiger partial charge in [0.1, 0.15) is 0 Å². The molecule has 0 bridgehead atoms. The molecule has 23 heavy (non-hydrogen) atoms. The molecule has 0 aliphatic heterocycles. The fraction of sp³-hybridized carbons (Fsp3) is 0.118. The highest BCUT2D eigenvalue weighted by Gasteiger charge is 2.20. The standard InChI is InChI=1S/C17H17NO4S/c1-2-18(16-11-7-6-10-15(16)17(19)20)23(21,22)13-12-14-8-4-3-5-9-14/h3-13H,2H2,1H3,(H,19,20)/p-1/b13-12+. The van der Waals surface area contributed by atoms with Crippen molar-refractivity contribution >= 4 is 27.8 Å². The van der Waals surface area contributed by atoms with E-state index in [-0.39, 0.29) is 17.8 Å². The zero-order valence-corrected chi connectivity index (χ0v) is 13.4. The molecule has 0 N–H and O–H groups in total. The molecule has 0 aliphatic rings. The van der Waals surface area contributed by atoms with Gasteiger partial charge < -0.3 is 9.90 Å². The minimum atomic E-state index is -3.82. The highest BCUT2D eigenvalue weighted by molar-refractivity contribution is 7.95. The van der Waals surface area contributed by atoms with Crippen molar-refractivity contribution in [3.63, 3.8) is 0 Å². The zero-order chi connectivity index (χ0) is 16.9. The van der Waals surface area contributed by atoms with Gasteiger partial charge in [-0.3, -0.25) is 4.31 Å². The Labute approximate surface area is 135 Å². The normalized spacial score (nSPS) is 11.5. The van der Waals surface area contributed by atoms with Crippen LogP contribution in [0.3, 0.4) is 0 Å². The number of para-hydroxylation sites is 1. The van der Waals surface area contributed by atoms with Crippen LogP contribution < -0.4 is 9.41 Å². The summed E-state index contributed by atoms with van der Waals surface area (Å²) in [5, 5.41) is 12.3. The fourth-order valence-electron chi connectivity index (χ4n) is 2.15. The molecule has 0 aromatic heterocycles. The molecule has 0 unspecified atom stereocenters. The monoisotopic (exact) mass is 330 g/mol. The molecule has 0 amide bonds. The maximum absolute atomic E-state index is 12.5. The Hall–Kier alpha value is -2.60. The first kappa shape index (κ1) is 16.8. The van der Waals surface area contributed by atoms with Crippen molar-refractivity contribution in [3.8, 4) is 0 Å². The average Bonchev–Trinajstić information content (AvgIpc) is 2.55. The quantitative estimate of drug-likeness (QED) is 0.810. The summed E-state index contributed by atoms with van der Waals surface area (Å²) in [6.07, 6.45) is 1.47. The van der Waals surface area contributed by atoms with Gasteiger partial charge in [-0.25, -0.2) is 8.42 Å². The van der Waals surface area contributed by atoms with Crippen molar-refractivity contribution in [2.45, 2.75) is 6.92 Å². The molecule has 2 aromatic carbocycles. The van der Waals surface area contributed by atoms with E-state index in [4.69, 9.17) is 0 Å². The molecule has 6 heteroatoms. The van der Waals surface area contributed by atoms with Gasteiger partial charge in [0.2, 0.25) is 0 Å². The van der Waals surface area contributed by atoms with Crippen molar-refractivity contribution in [2.75, 3.05) is 10.8 Å². The summed E-state index contributed by atoms with van der Waals surface area (Å²) in [7, 11) is -3.82. The van der Waals surface area contributed by atoms with Crippen LogP contribution in [-0.4, -0.2) is 20.9 Å². The van der Waals surface area contributed by atoms with E-state index in [1.54, 1.807) is 37.3 Å². The van der Waals surface area contributed by atoms with E-state index in [9.17, 15) is 18.3 Å². The van der Waals surface area contributed by atoms with E-state index in [0.717, 1.165) is 15.3 Å². The van der Waals surface area contributed by atoms with Crippen LogP contribution in [-0.2, 0) is 10.0 Å². The van der Waals surface area contributed by atoms with Crippen molar-refractivity contribution in [1.29, 1.82) is 0 Å². The molecule has 5 nitrogen and oxygen atoms in total. The average molecular weight is 330 g/mol. The minimum Gasteiger partial charge on any atom is -0.545 e. The van der Waals surface area contributed by atoms with Crippen molar-refractivity contribution in [3.05, 3.63) is 71.1 Å². The lowest BCUT2D eigenvalue weighted by Crippen LogP contribution is -2.32. The van der Waals surface area contributed by atoms with Crippen molar-refractivity contribution < 1.29 is 18.3 Å². The number of sulfonamides is 1. The molecule has 2 rings (SSSR count). The Morgan fingerprint density at radius 3 is 2.30 bits per heavy atom. The molecule has 120 valence electrons. The Kier molecular flexibility index (Phi) is 5.18. The van der Waals surface area contributed by atoms with E-state index in [1.807, 2.05) is 6.07 Å². The number of hydrogen-bond acceptors (Lipinski definition) is 4. The van der Waals surface area contributed by atoms with Gasteiger partial charge in [0.05, 0.1) is 17.1 Å². The molecule has 0 saturated carbocycles. The van der Waals surface area contributed by atoms with Gasteiger partial charge in [0, 0.05) is 12.1 Å². The third kappa shape index (κ3) is 3.98. The summed E-state index contributed by atoms with van der Waals surface area (Å²) in [5.41, 5.74) is 0.666. The molecular weight excluding hydrogens is 314 g/mol. The largest absolute Gasteiger partial charge is 0.545 e. The minimum absolute atomic E-state index is 0.0905. The van der Waals surface area contributed by atoms with Crippen LogP contribution in [0, 0.1) is 0 Å². The number of benzene rings is 2. The third-order valence-electron chi connectivity index (χ3n) is 3.22. The SMILES string of the molecule is CCN(c1ccccc1C(=O)[O-])S(=O)(=O)/C=C/c1ccccc1. The molecule has 0 saturated heterocycles. The number of hydrogen-bond donors (Lipinski definition) is 0. The highest BCUT2D eigenvalue weighted by atomic mass is 32.2. The summed E-state index contributed by atoms with van der Waals surface area (Å²) >= 11 is 0. The predicted molar refractivity (Wildman–Crippen MR) is 88.2 cm³/mol. The first-order valence-corrected chi connectivity index (χ1v) is 8.52. The lowest BCUT2D eigenvalue weighted by molar-refractivity contribution is -0.254. The summed E-state index contributed by atoms with van der Waals surface area (Å²) < 4.78 is 26.1.